The quantitative estimate of drug-likeness (QED) is 0.558. The highest BCUT2D eigenvalue weighted by atomic mass is 35.5. The van der Waals surface area contributed by atoms with Crippen LogP contribution in [0.1, 0.15) is 24.1 Å². The monoisotopic (exact) mass is 497 g/mol. The highest BCUT2D eigenvalue weighted by molar-refractivity contribution is 7.07. The average Bonchev–Trinajstić information content (AvgIpc) is 3.10. The van der Waals surface area contributed by atoms with Crippen LogP contribution in [0.25, 0.3) is 11.6 Å². The number of benzene rings is 2. The van der Waals surface area contributed by atoms with Crippen LogP contribution >= 0.6 is 34.5 Å². The van der Waals surface area contributed by atoms with Gasteiger partial charge in [0, 0.05) is 10.0 Å². The summed E-state index contributed by atoms with van der Waals surface area (Å²) in [6, 6.07) is 15.2. The van der Waals surface area contributed by atoms with Gasteiger partial charge in [0.05, 0.1) is 28.5 Å². The highest BCUT2D eigenvalue weighted by Crippen LogP contribution is 2.34. The lowest BCUT2D eigenvalue weighted by molar-refractivity contribution is -0.136. The zero-order chi connectivity index (χ0) is 23.7. The number of hydrogen-bond donors (Lipinski definition) is 1. The van der Waals surface area contributed by atoms with Gasteiger partial charge in [-0.3, -0.25) is 9.36 Å². The second-order valence-corrected chi connectivity index (χ2v) is 8.92. The number of nitrogens with zero attached hydrogens (tertiary/aromatic N) is 2. The van der Waals surface area contributed by atoms with Gasteiger partial charge >= 0.3 is 5.97 Å². The maximum absolute atomic E-state index is 13.6. The summed E-state index contributed by atoms with van der Waals surface area (Å²) in [5.41, 5.74) is 7.08. The molecule has 0 spiro atoms. The Hall–Kier alpha value is -3.31. The van der Waals surface area contributed by atoms with Gasteiger partial charge in [-0.05, 0) is 36.3 Å². The van der Waals surface area contributed by atoms with E-state index < -0.39 is 17.6 Å². The Morgan fingerprint density at radius 2 is 1.88 bits per heavy atom. The van der Waals surface area contributed by atoms with Crippen LogP contribution in [0.4, 0.5) is 0 Å². The van der Waals surface area contributed by atoms with Crippen molar-refractivity contribution in [3.63, 3.8) is 0 Å². The number of ether oxygens (including phenoxy) is 1. The van der Waals surface area contributed by atoms with Gasteiger partial charge in [0.1, 0.15) is 16.3 Å². The fourth-order valence-electron chi connectivity index (χ4n) is 3.68. The zero-order valence-corrected chi connectivity index (χ0v) is 19.7. The van der Waals surface area contributed by atoms with Gasteiger partial charge in [-0.1, -0.05) is 59.6 Å². The summed E-state index contributed by atoms with van der Waals surface area (Å²) in [7, 11) is 0. The van der Waals surface area contributed by atoms with E-state index in [9.17, 15) is 14.9 Å². The van der Waals surface area contributed by atoms with Crippen LogP contribution in [0, 0.1) is 11.3 Å². The number of halogens is 2. The van der Waals surface area contributed by atoms with Crippen molar-refractivity contribution in [2.75, 3.05) is 6.61 Å². The second kappa shape index (κ2) is 9.28. The van der Waals surface area contributed by atoms with Gasteiger partial charge in [0.2, 0.25) is 0 Å². The summed E-state index contributed by atoms with van der Waals surface area (Å²) in [6.45, 7) is 1.77. The fourth-order valence-corrected chi connectivity index (χ4v) is 5.27. The maximum Gasteiger partial charge on any atom is 0.343 e. The lowest BCUT2D eigenvalue weighted by Gasteiger charge is -2.25. The number of esters is 1. The second-order valence-electron chi connectivity index (χ2n) is 7.07. The number of nitrogens with two attached hydrogens (primary N) is 1. The largest absolute Gasteiger partial charge is 0.462 e. The summed E-state index contributed by atoms with van der Waals surface area (Å²) in [5.74, 6) is -0.709. The van der Waals surface area contributed by atoms with E-state index in [1.165, 1.54) is 4.57 Å². The molecule has 6 nitrogen and oxygen atoms in total. The normalized spacial score (nSPS) is 15.9. The summed E-state index contributed by atoms with van der Waals surface area (Å²) in [5, 5.41) is 10.8. The lowest BCUT2D eigenvalue weighted by atomic mass is 9.93. The molecule has 0 bridgehead atoms. The molecular formula is C24H17Cl2N3O3S. The number of aromatic nitrogens is 1. The van der Waals surface area contributed by atoms with Crippen molar-refractivity contribution in [3.8, 4) is 6.07 Å². The molecule has 2 aromatic carbocycles. The molecule has 2 heterocycles. The van der Waals surface area contributed by atoms with Crippen LogP contribution in [0.15, 0.2) is 64.6 Å². The molecule has 0 unspecified atom stereocenters. The Morgan fingerprint density at radius 1 is 1.21 bits per heavy atom. The Kier molecular flexibility index (Phi) is 6.43. The smallest absolute Gasteiger partial charge is 0.343 e. The summed E-state index contributed by atoms with van der Waals surface area (Å²) in [4.78, 5) is 26.5. The molecule has 2 N–H and O–H groups in total. The molecular weight excluding hydrogens is 481 g/mol. The first-order valence-corrected chi connectivity index (χ1v) is 11.5. The minimum absolute atomic E-state index is 0.0161. The van der Waals surface area contributed by atoms with Crippen LogP contribution < -0.4 is 20.5 Å². The molecule has 33 heavy (non-hydrogen) atoms. The van der Waals surface area contributed by atoms with Crippen LogP contribution in [-0.2, 0) is 9.53 Å². The van der Waals surface area contributed by atoms with Crippen LogP contribution in [0.2, 0.25) is 10.0 Å². The van der Waals surface area contributed by atoms with Gasteiger partial charge in [-0.2, -0.15) is 5.26 Å². The molecule has 0 fully saturated rings. The van der Waals surface area contributed by atoms with E-state index in [0.717, 1.165) is 11.3 Å². The number of carbonyl (C=O) groups excluding carboxylic acids is 1. The van der Waals surface area contributed by atoms with Crippen molar-refractivity contribution >= 4 is 52.2 Å². The molecule has 0 radical (unpaired) electrons. The Balaban J connectivity index is 2.14. The lowest BCUT2D eigenvalue weighted by Crippen LogP contribution is -2.41. The number of thiazole rings is 1. The topological polar surface area (TPSA) is 98.1 Å². The third kappa shape index (κ3) is 3.98. The number of hydrogen-bond acceptors (Lipinski definition) is 6. The van der Waals surface area contributed by atoms with E-state index in [1.807, 2.05) is 0 Å². The zero-order valence-electron chi connectivity index (χ0n) is 17.3. The summed E-state index contributed by atoms with van der Waals surface area (Å²) in [6.07, 6.45) is 1.65. The van der Waals surface area contributed by atoms with E-state index in [0.29, 0.717) is 25.7 Å². The standard InChI is InChI=1S/C24H17Cl2N3O3S/c1-2-32-24(31)19-20(28)15(12-27)21(14-8-4-6-10-17(14)26)29-22(30)18(33-23(19)29)11-13-7-3-5-9-16(13)25/h3-11,21H,2,28H2,1H3/b18-11+/t21-/m1/s1. The van der Waals surface area contributed by atoms with Crippen molar-refractivity contribution < 1.29 is 9.53 Å². The predicted molar refractivity (Wildman–Crippen MR) is 129 cm³/mol. The fraction of sp³-hybridized carbons (Fsp3) is 0.125. The first-order valence-electron chi connectivity index (χ1n) is 9.92. The van der Waals surface area contributed by atoms with Crippen molar-refractivity contribution in [3.05, 3.63) is 101 Å². The number of allylic oxidation sites excluding steroid dienone is 1. The third-order valence-electron chi connectivity index (χ3n) is 5.15. The van der Waals surface area contributed by atoms with Crippen LogP contribution in [-0.4, -0.2) is 17.1 Å². The van der Waals surface area contributed by atoms with E-state index in [2.05, 4.69) is 6.07 Å². The maximum atomic E-state index is 13.6. The average molecular weight is 498 g/mol. The molecule has 0 amide bonds. The minimum Gasteiger partial charge on any atom is -0.462 e. The molecule has 3 aromatic rings. The molecule has 0 aliphatic carbocycles. The van der Waals surface area contributed by atoms with E-state index in [-0.39, 0.29) is 28.1 Å². The number of carbonyl (C=O) groups is 1. The van der Waals surface area contributed by atoms with Crippen LogP contribution in [0.5, 0.6) is 0 Å². The highest BCUT2D eigenvalue weighted by Gasteiger charge is 2.35. The molecule has 0 saturated carbocycles. The third-order valence-corrected chi connectivity index (χ3v) is 6.95. The van der Waals surface area contributed by atoms with Crippen molar-refractivity contribution in [1.29, 1.82) is 5.26 Å². The number of rotatable bonds is 4. The molecule has 1 aliphatic rings. The Morgan fingerprint density at radius 3 is 2.52 bits per heavy atom. The molecule has 1 aliphatic heterocycles. The van der Waals surface area contributed by atoms with E-state index in [4.69, 9.17) is 33.7 Å². The molecule has 9 heteroatoms. The molecule has 166 valence electrons. The van der Waals surface area contributed by atoms with Gasteiger partial charge in [-0.15, -0.1) is 11.3 Å². The number of nitriles is 1. The van der Waals surface area contributed by atoms with E-state index in [1.54, 1.807) is 61.5 Å². The van der Waals surface area contributed by atoms with Gasteiger partial charge in [-0.25, -0.2) is 4.79 Å². The molecule has 4 rings (SSSR count). The predicted octanol–water partition coefficient (Wildman–Crippen LogP) is 3.10. The first kappa shape index (κ1) is 22.9. The van der Waals surface area contributed by atoms with Gasteiger partial charge in [0.25, 0.3) is 5.56 Å². The Labute approximate surface area is 203 Å². The van der Waals surface area contributed by atoms with Crippen molar-refractivity contribution in [1.82, 2.24) is 4.57 Å². The number of fused-ring (bicyclic) bond motifs is 1. The molecule has 1 atom stereocenters. The first-order chi connectivity index (χ1) is 15.9. The molecule has 0 saturated heterocycles. The molecule has 1 aromatic heterocycles. The Bertz CT molecular complexity index is 1530. The SMILES string of the molecule is CCOC(=O)C1=c2s/c(=C/c3ccccc3Cl)c(=O)n2[C@H](c2ccccc2Cl)C(C#N)=C1N. The van der Waals surface area contributed by atoms with Crippen molar-refractivity contribution in [2.24, 2.45) is 5.73 Å². The van der Waals surface area contributed by atoms with Crippen molar-refractivity contribution in [2.45, 2.75) is 13.0 Å². The van der Waals surface area contributed by atoms with Gasteiger partial charge in [0.15, 0.2) is 0 Å². The van der Waals surface area contributed by atoms with Gasteiger partial charge < -0.3 is 10.5 Å². The summed E-state index contributed by atoms with van der Waals surface area (Å²) < 4.78 is 7.18. The summed E-state index contributed by atoms with van der Waals surface area (Å²) >= 11 is 13.8. The van der Waals surface area contributed by atoms with E-state index >= 15 is 0 Å². The minimum atomic E-state index is -0.894. The van der Waals surface area contributed by atoms with Crippen LogP contribution in [0.3, 0.4) is 0 Å².